The Morgan fingerprint density at radius 1 is 1.44 bits per heavy atom. The number of hydrogen-bond donors (Lipinski definition) is 1. The molecule has 0 aliphatic heterocycles. The van der Waals surface area contributed by atoms with Gasteiger partial charge >= 0.3 is 0 Å². The quantitative estimate of drug-likeness (QED) is 0.867. The van der Waals surface area contributed by atoms with Crippen molar-refractivity contribution in [3.63, 3.8) is 0 Å². The second kappa shape index (κ2) is 5.27. The summed E-state index contributed by atoms with van der Waals surface area (Å²) in [5.41, 5.74) is 1.20. The van der Waals surface area contributed by atoms with Crippen LogP contribution in [0, 0.1) is 6.92 Å². The lowest BCUT2D eigenvalue weighted by molar-refractivity contribution is 0.480. The van der Waals surface area contributed by atoms with E-state index in [2.05, 4.69) is 24.1 Å². The van der Waals surface area contributed by atoms with Crippen LogP contribution in [-0.2, 0) is 19.5 Å². The van der Waals surface area contributed by atoms with Crippen molar-refractivity contribution in [3.8, 4) is 0 Å². The third-order valence-corrected chi connectivity index (χ3v) is 3.62. The lowest BCUT2D eigenvalue weighted by atomic mass is 10.3. The zero-order valence-corrected chi connectivity index (χ0v) is 10.4. The molecule has 0 saturated heterocycles. The number of furan rings is 1. The van der Waals surface area contributed by atoms with E-state index < -0.39 is 0 Å². The summed E-state index contributed by atoms with van der Waals surface area (Å²) in [6.07, 6.45) is 4.75. The molecule has 1 N–H and O–H groups in total. The van der Waals surface area contributed by atoms with E-state index in [1.165, 1.54) is 10.4 Å². The summed E-state index contributed by atoms with van der Waals surface area (Å²) < 4.78 is 5.35. The maximum atomic E-state index is 5.35. The van der Waals surface area contributed by atoms with Crippen LogP contribution in [0.5, 0.6) is 0 Å². The van der Waals surface area contributed by atoms with Gasteiger partial charge in [0.2, 0.25) is 0 Å². The molecule has 0 aromatic carbocycles. The highest BCUT2D eigenvalue weighted by molar-refractivity contribution is 7.11. The average molecular weight is 236 g/mol. The summed E-state index contributed by atoms with van der Waals surface area (Å²) in [5, 5.41) is 4.48. The number of hydrogen-bond acceptors (Lipinski definition) is 4. The number of rotatable bonds is 5. The van der Waals surface area contributed by atoms with E-state index in [9.17, 15) is 0 Å². The Bertz CT molecular complexity index is 447. The van der Waals surface area contributed by atoms with Gasteiger partial charge in [0.1, 0.15) is 10.8 Å². The minimum Gasteiger partial charge on any atom is -0.468 e. The molecular weight excluding hydrogens is 220 g/mol. The molecule has 0 unspecified atom stereocenters. The lowest BCUT2D eigenvalue weighted by Gasteiger charge is -2.00. The van der Waals surface area contributed by atoms with Gasteiger partial charge in [-0.25, -0.2) is 4.98 Å². The van der Waals surface area contributed by atoms with Crippen molar-refractivity contribution in [2.24, 2.45) is 0 Å². The van der Waals surface area contributed by atoms with Gasteiger partial charge in [-0.1, -0.05) is 6.92 Å². The predicted molar refractivity (Wildman–Crippen MR) is 65.5 cm³/mol. The number of nitrogens with one attached hydrogen (secondary N) is 1. The van der Waals surface area contributed by atoms with E-state index >= 15 is 0 Å². The molecule has 0 radical (unpaired) electrons. The lowest BCUT2D eigenvalue weighted by Crippen LogP contribution is -2.12. The Hall–Kier alpha value is -1.13. The Balaban J connectivity index is 1.82. The molecule has 0 aliphatic rings. The van der Waals surface area contributed by atoms with Gasteiger partial charge in [0, 0.05) is 17.6 Å². The van der Waals surface area contributed by atoms with Gasteiger partial charge < -0.3 is 9.73 Å². The Morgan fingerprint density at radius 3 is 2.94 bits per heavy atom. The van der Waals surface area contributed by atoms with Gasteiger partial charge in [0.25, 0.3) is 0 Å². The van der Waals surface area contributed by atoms with Crippen LogP contribution in [0.15, 0.2) is 22.9 Å². The van der Waals surface area contributed by atoms with Crippen molar-refractivity contribution in [1.82, 2.24) is 10.3 Å². The SMILES string of the molecule is CCc1cnc(CNCc2occc2C)s1. The van der Waals surface area contributed by atoms with Crippen LogP contribution >= 0.6 is 11.3 Å². The largest absolute Gasteiger partial charge is 0.468 e. The minimum absolute atomic E-state index is 0.764. The van der Waals surface area contributed by atoms with E-state index in [1.54, 1.807) is 17.6 Å². The summed E-state index contributed by atoms with van der Waals surface area (Å²) in [6.45, 7) is 5.78. The molecular formula is C12H16N2OS. The second-order valence-electron chi connectivity index (χ2n) is 3.70. The van der Waals surface area contributed by atoms with Crippen molar-refractivity contribution >= 4 is 11.3 Å². The van der Waals surface area contributed by atoms with Gasteiger partial charge in [0.05, 0.1) is 12.8 Å². The Morgan fingerprint density at radius 2 is 2.31 bits per heavy atom. The van der Waals surface area contributed by atoms with E-state index in [1.807, 2.05) is 12.3 Å². The molecule has 0 saturated carbocycles. The van der Waals surface area contributed by atoms with Gasteiger partial charge in [0.15, 0.2) is 0 Å². The summed E-state index contributed by atoms with van der Waals surface area (Å²) in [4.78, 5) is 5.69. The van der Waals surface area contributed by atoms with Crippen molar-refractivity contribution in [2.45, 2.75) is 33.4 Å². The third-order valence-electron chi connectivity index (χ3n) is 2.48. The van der Waals surface area contributed by atoms with Crippen LogP contribution in [0.3, 0.4) is 0 Å². The molecule has 0 amide bonds. The first-order chi connectivity index (χ1) is 7.79. The molecule has 2 aromatic rings. The predicted octanol–water partition coefficient (Wildman–Crippen LogP) is 2.90. The molecule has 0 fully saturated rings. The van der Waals surface area contributed by atoms with Crippen molar-refractivity contribution in [2.75, 3.05) is 0 Å². The number of thiazole rings is 1. The van der Waals surface area contributed by atoms with E-state index in [-0.39, 0.29) is 0 Å². The third kappa shape index (κ3) is 2.71. The molecule has 0 aliphatic carbocycles. The van der Waals surface area contributed by atoms with Crippen molar-refractivity contribution < 1.29 is 4.42 Å². The Kier molecular flexibility index (Phi) is 3.74. The van der Waals surface area contributed by atoms with Gasteiger partial charge in [-0.3, -0.25) is 0 Å². The van der Waals surface area contributed by atoms with Crippen LogP contribution < -0.4 is 5.32 Å². The number of aryl methyl sites for hydroxylation is 2. The van der Waals surface area contributed by atoms with Crippen LogP contribution in [0.25, 0.3) is 0 Å². The second-order valence-corrected chi connectivity index (χ2v) is 4.90. The van der Waals surface area contributed by atoms with E-state index in [4.69, 9.17) is 4.42 Å². The molecule has 2 heterocycles. The first-order valence-electron chi connectivity index (χ1n) is 5.47. The minimum atomic E-state index is 0.764. The van der Waals surface area contributed by atoms with Crippen molar-refractivity contribution in [3.05, 3.63) is 39.7 Å². The molecule has 16 heavy (non-hydrogen) atoms. The summed E-state index contributed by atoms with van der Waals surface area (Å²) >= 11 is 1.77. The molecule has 86 valence electrons. The number of aromatic nitrogens is 1. The highest BCUT2D eigenvalue weighted by Crippen LogP contribution is 2.13. The highest BCUT2D eigenvalue weighted by Gasteiger charge is 2.03. The zero-order chi connectivity index (χ0) is 11.4. The fourth-order valence-corrected chi connectivity index (χ4v) is 2.29. The zero-order valence-electron chi connectivity index (χ0n) is 9.62. The van der Waals surface area contributed by atoms with Gasteiger partial charge in [-0.2, -0.15) is 0 Å². The fraction of sp³-hybridized carbons (Fsp3) is 0.417. The molecule has 3 nitrogen and oxygen atoms in total. The summed E-state index contributed by atoms with van der Waals surface area (Å²) in [7, 11) is 0. The summed E-state index contributed by atoms with van der Waals surface area (Å²) in [5.74, 6) is 1.01. The average Bonchev–Trinajstić information content (AvgIpc) is 2.89. The highest BCUT2D eigenvalue weighted by atomic mass is 32.1. The maximum absolute atomic E-state index is 5.35. The number of nitrogens with zero attached hydrogens (tertiary/aromatic N) is 1. The molecule has 2 aromatic heterocycles. The van der Waals surface area contributed by atoms with Gasteiger partial charge in [-0.05, 0) is 25.0 Å². The first kappa shape index (κ1) is 11.4. The topological polar surface area (TPSA) is 38.1 Å². The van der Waals surface area contributed by atoms with Crippen LogP contribution in [-0.4, -0.2) is 4.98 Å². The standard InChI is InChI=1S/C12H16N2OS/c1-3-10-6-14-12(16-10)8-13-7-11-9(2)4-5-15-11/h4-6,13H,3,7-8H2,1-2H3. The Labute approximate surface area is 99.5 Å². The maximum Gasteiger partial charge on any atom is 0.120 e. The fourth-order valence-electron chi connectivity index (χ4n) is 1.46. The smallest absolute Gasteiger partial charge is 0.120 e. The normalized spacial score (nSPS) is 10.9. The summed E-state index contributed by atoms with van der Waals surface area (Å²) in [6, 6.07) is 1.98. The van der Waals surface area contributed by atoms with E-state index in [0.29, 0.717) is 0 Å². The van der Waals surface area contributed by atoms with Gasteiger partial charge in [-0.15, -0.1) is 11.3 Å². The monoisotopic (exact) mass is 236 g/mol. The first-order valence-corrected chi connectivity index (χ1v) is 6.28. The van der Waals surface area contributed by atoms with Crippen LogP contribution in [0.1, 0.15) is 28.1 Å². The molecule has 0 atom stereocenters. The molecule has 0 bridgehead atoms. The van der Waals surface area contributed by atoms with Crippen LogP contribution in [0.2, 0.25) is 0 Å². The van der Waals surface area contributed by atoms with E-state index in [0.717, 1.165) is 30.3 Å². The van der Waals surface area contributed by atoms with Crippen LogP contribution in [0.4, 0.5) is 0 Å². The molecule has 4 heteroatoms. The molecule has 0 spiro atoms. The molecule has 2 rings (SSSR count). The van der Waals surface area contributed by atoms with Crippen molar-refractivity contribution in [1.29, 1.82) is 0 Å².